The van der Waals surface area contributed by atoms with Crippen molar-refractivity contribution in [1.82, 2.24) is 14.3 Å². The lowest BCUT2D eigenvalue weighted by molar-refractivity contribution is -0.384. The zero-order chi connectivity index (χ0) is 23.0. The summed E-state index contributed by atoms with van der Waals surface area (Å²) in [6.45, 7) is 2.21. The first-order chi connectivity index (χ1) is 15.9. The summed E-state index contributed by atoms with van der Waals surface area (Å²) in [5.41, 5.74) is 2.27. The lowest BCUT2D eigenvalue weighted by Crippen LogP contribution is -2.36. The molecule has 2 aromatic carbocycles. The number of benzene rings is 2. The maximum atomic E-state index is 13.0. The Balaban J connectivity index is 1.35. The fourth-order valence-corrected chi connectivity index (χ4v) is 6.43. The molecule has 9 nitrogen and oxygen atoms in total. The van der Waals surface area contributed by atoms with Gasteiger partial charge in [-0.2, -0.15) is 4.31 Å². The van der Waals surface area contributed by atoms with Gasteiger partial charge in [-0.05, 0) is 49.9 Å². The minimum Gasteiger partial charge on any atom is -0.366 e. The lowest BCUT2D eigenvalue weighted by Gasteiger charge is -2.32. The van der Waals surface area contributed by atoms with Crippen LogP contribution >= 0.6 is 0 Å². The number of nitrogens with one attached hydrogen (secondary N) is 1. The number of rotatable bonds is 5. The zero-order valence-electron chi connectivity index (χ0n) is 18.3. The fourth-order valence-electron chi connectivity index (χ4n) is 4.89. The second kappa shape index (κ2) is 8.75. The van der Waals surface area contributed by atoms with E-state index in [2.05, 4.69) is 4.98 Å². The first-order valence-electron chi connectivity index (χ1n) is 11.4. The Bertz CT molecular complexity index is 1240. The molecule has 3 aromatic rings. The minimum absolute atomic E-state index is 0.00277. The highest BCUT2D eigenvalue weighted by Gasteiger charge is 2.31. The minimum atomic E-state index is -3.73. The number of sulfonamides is 1. The number of fused-ring (bicyclic) bond motifs is 1. The van der Waals surface area contributed by atoms with Crippen LogP contribution in [0.2, 0.25) is 0 Å². The van der Waals surface area contributed by atoms with Gasteiger partial charge in [0.2, 0.25) is 10.0 Å². The fraction of sp³-hybridized carbons (Fsp3) is 0.435. The normalized spacial score (nSPS) is 18.6. The van der Waals surface area contributed by atoms with Gasteiger partial charge >= 0.3 is 0 Å². The summed E-state index contributed by atoms with van der Waals surface area (Å²) >= 11 is 0. The number of imidazole rings is 1. The summed E-state index contributed by atoms with van der Waals surface area (Å²) in [6, 6.07) is 12.3. The van der Waals surface area contributed by atoms with Gasteiger partial charge in [0.1, 0.15) is 11.5 Å². The molecule has 2 aliphatic rings. The van der Waals surface area contributed by atoms with E-state index in [4.69, 9.17) is 4.98 Å². The van der Waals surface area contributed by atoms with E-state index in [-0.39, 0.29) is 16.5 Å². The third-order valence-corrected chi connectivity index (χ3v) is 8.62. The molecule has 33 heavy (non-hydrogen) atoms. The summed E-state index contributed by atoms with van der Waals surface area (Å²) in [6.07, 6.45) is 4.27. The maximum Gasteiger partial charge on any atom is 0.293 e. The summed E-state index contributed by atoms with van der Waals surface area (Å²) < 4.78 is 27.4. The van der Waals surface area contributed by atoms with Crippen molar-refractivity contribution in [3.63, 3.8) is 0 Å². The van der Waals surface area contributed by atoms with Gasteiger partial charge in [-0.15, -0.1) is 0 Å². The molecule has 2 fully saturated rings. The smallest absolute Gasteiger partial charge is 0.293 e. The van der Waals surface area contributed by atoms with Gasteiger partial charge in [-0.3, -0.25) is 10.1 Å². The van der Waals surface area contributed by atoms with Crippen LogP contribution in [0.1, 0.15) is 43.8 Å². The van der Waals surface area contributed by atoms with Crippen LogP contribution in [0.15, 0.2) is 47.4 Å². The maximum absolute atomic E-state index is 13.0. The van der Waals surface area contributed by atoms with E-state index in [0.29, 0.717) is 31.9 Å². The molecule has 0 radical (unpaired) electrons. The van der Waals surface area contributed by atoms with Crippen LogP contribution < -0.4 is 4.90 Å². The predicted molar refractivity (Wildman–Crippen MR) is 126 cm³/mol. The Morgan fingerprint density at radius 2 is 1.73 bits per heavy atom. The van der Waals surface area contributed by atoms with Crippen molar-refractivity contribution < 1.29 is 13.3 Å². The SMILES string of the molecule is O=[N+]([O-])c1cc(S(=O)(=O)N2CCCCC2)ccc1N1CCC(c2nc3ccccc3[nH]2)CC1. The molecule has 1 N–H and O–H groups in total. The zero-order valence-corrected chi connectivity index (χ0v) is 19.1. The molecule has 2 aliphatic heterocycles. The third kappa shape index (κ3) is 4.20. The molecule has 2 saturated heterocycles. The van der Waals surface area contributed by atoms with Gasteiger partial charge < -0.3 is 9.88 Å². The molecule has 0 saturated carbocycles. The molecule has 3 heterocycles. The second-order valence-electron chi connectivity index (χ2n) is 8.77. The number of piperidine rings is 2. The van der Waals surface area contributed by atoms with Gasteiger partial charge in [0.15, 0.2) is 0 Å². The summed E-state index contributed by atoms with van der Waals surface area (Å²) in [5, 5.41) is 11.9. The lowest BCUT2D eigenvalue weighted by atomic mass is 9.95. The Kier molecular flexibility index (Phi) is 5.79. The first kappa shape index (κ1) is 21.8. The van der Waals surface area contributed by atoms with Crippen molar-refractivity contribution in [1.29, 1.82) is 0 Å². The average molecular weight is 470 g/mol. The molecule has 0 bridgehead atoms. The second-order valence-corrected chi connectivity index (χ2v) is 10.7. The van der Waals surface area contributed by atoms with Crippen LogP contribution in [0.25, 0.3) is 11.0 Å². The highest BCUT2D eigenvalue weighted by atomic mass is 32.2. The van der Waals surface area contributed by atoms with Crippen molar-refractivity contribution in [2.45, 2.75) is 42.9 Å². The number of anilines is 1. The first-order valence-corrected chi connectivity index (χ1v) is 12.9. The van der Waals surface area contributed by atoms with Crippen LogP contribution in [0, 0.1) is 10.1 Å². The number of para-hydroxylation sites is 2. The van der Waals surface area contributed by atoms with Gasteiger partial charge in [0.05, 0.1) is 20.9 Å². The molecule has 5 rings (SSSR count). The van der Waals surface area contributed by atoms with Gasteiger partial charge in [0, 0.05) is 38.2 Å². The molecule has 0 spiro atoms. The van der Waals surface area contributed by atoms with Crippen LogP contribution in [-0.4, -0.2) is 53.8 Å². The molecule has 0 atom stereocenters. The van der Waals surface area contributed by atoms with Crippen LogP contribution in [0.4, 0.5) is 11.4 Å². The molecule has 0 unspecified atom stereocenters. The largest absolute Gasteiger partial charge is 0.366 e. The van der Waals surface area contributed by atoms with Gasteiger partial charge in [-0.25, -0.2) is 13.4 Å². The molecular formula is C23H27N5O4S. The number of hydrogen-bond donors (Lipinski definition) is 1. The van der Waals surface area contributed by atoms with Crippen molar-refractivity contribution in [2.75, 3.05) is 31.1 Å². The van der Waals surface area contributed by atoms with E-state index in [1.54, 1.807) is 6.07 Å². The van der Waals surface area contributed by atoms with Crippen molar-refractivity contribution in [2.24, 2.45) is 0 Å². The Morgan fingerprint density at radius 1 is 1.00 bits per heavy atom. The number of aromatic amines is 1. The molecule has 174 valence electrons. The van der Waals surface area contributed by atoms with E-state index in [1.807, 2.05) is 29.2 Å². The van der Waals surface area contributed by atoms with Gasteiger partial charge in [0.25, 0.3) is 5.69 Å². The highest BCUT2D eigenvalue weighted by Crippen LogP contribution is 2.36. The number of nitro benzene ring substituents is 1. The molecule has 0 aliphatic carbocycles. The Morgan fingerprint density at radius 3 is 2.42 bits per heavy atom. The van der Waals surface area contributed by atoms with Crippen molar-refractivity contribution >= 4 is 32.4 Å². The molecule has 10 heteroatoms. The predicted octanol–water partition coefficient (Wildman–Crippen LogP) is 4.03. The number of nitro groups is 1. The summed E-state index contributed by atoms with van der Waals surface area (Å²) in [7, 11) is -3.73. The Hall–Kier alpha value is -2.98. The Labute approximate surface area is 192 Å². The van der Waals surface area contributed by atoms with Gasteiger partial charge in [-0.1, -0.05) is 18.6 Å². The number of H-pyrrole nitrogens is 1. The molecule has 1 aromatic heterocycles. The average Bonchev–Trinajstić information content (AvgIpc) is 3.29. The van der Waals surface area contributed by atoms with Crippen molar-refractivity contribution in [3.8, 4) is 0 Å². The number of hydrogen-bond acceptors (Lipinski definition) is 6. The number of nitrogens with zero attached hydrogens (tertiary/aromatic N) is 4. The molecular weight excluding hydrogens is 442 g/mol. The van der Waals surface area contributed by atoms with E-state index >= 15 is 0 Å². The monoisotopic (exact) mass is 469 g/mol. The van der Waals surface area contributed by atoms with Crippen LogP contribution in [0.3, 0.4) is 0 Å². The topological polar surface area (TPSA) is 112 Å². The van der Waals surface area contributed by atoms with Crippen molar-refractivity contribution in [3.05, 3.63) is 58.4 Å². The van der Waals surface area contributed by atoms with E-state index in [1.165, 1.54) is 16.4 Å². The standard InChI is InChI=1S/C23H27N5O4S/c29-28(30)22-16-18(33(31,32)27-12-4-1-5-13-27)8-9-21(22)26-14-10-17(11-15-26)23-24-19-6-2-3-7-20(19)25-23/h2-3,6-9,16-17H,1,4-5,10-15H2,(H,24,25). The summed E-state index contributed by atoms with van der Waals surface area (Å²) in [4.78, 5) is 21.5. The number of aromatic nitrogens is 2. The van der Waals surface area contributed by atoms with E-state index < -0.39 is 14.9 Å². The molecule has 0 amide bonds. The highest BCUT2D eigenvalue weighted by molar-refractivity contribution is 7.89. The van der Waals surface area contributed by atoms with Crippen LogP contribution in [-0.2, 0) is 10.0 Å². The quantitative estimate of drug-likeness (QED) is 0.446. The third-order valence-electron chi connectivity index (χ3n) is 6.73. The van der Waals surface area contributed by atoms with Crippen LogP contribution in [0.5, 0.6) is 0 Å². The van der Waals surface area contributed by atoms with E-state index in [0.717, 1.165) is 49.0 Å². The summed E-state index contributed by atoms with van der Waals surface area (Å²) in [5.74, 6) is 1.21. The van der Waals surface area contributed by atoms with E-state index in [9.17, 15) is 18.5 Å².